The van der Waals surface area contributed by atoms with E-state index < -0.39 is 11.7 Å². The van der Waals surface area contributed by atoms with Crippen molar-refractivity contribution in [2.24, 2.45) is 0 Å². The first-order valence-electron chi connectivity index (χ1n) is 7.21. The molecule has 0 saturated heterocycles. The van der Waals surface area contributed by atoms with Gasteiger partial charge in [-0.25, -0.2) is 0 Å². The van der Waals surface area contributed by atoms with E-state index in [1.807, 2.05) is 19.1 Å². The Balaban J connectivity index is 1.80. The van der Waals surface area contributed by atoms with Gasteiger partial charge in [-0.15, -0.1) is 0 Å². The topological polar surface area (TPSA) is 54.2 Å². The minimum Gasteiger partial charge on any atom is -0.361 e. The molecule has 0 fully saturated rings. The van der Waals surface area contributed by atoms with E-state index >= 15 is 0 Å². The highest BCUT2D eigenvalue weighted by atomic mass is 19.4. The van der Waals surface area contributed by atoms with Gasteiger partial charge in [0.1, 0.15) is 11.5 Å². The molecule has 0 radical (unpaired) electrons. The third-order valence-electron chi connectivity index (χ3n) is 3.65. The molecule has 0 aromatic carbocycles. The molecule has 0 bridgehead atoms. The van der Waals surface area contributed by atoms with Gasteiger partial charge in [-0.2, -0.15) is 13.2 Å². The molecule has 3 heterocycles. The quantitative estimate of drug-likeness (QED) is 0.927. The Kier molecular flexibility index (Phi) is 4.04. The molecule has 0 saturated carbocycles. The van der Waals surface area contributed by atoms with Gasteiger partial charge < -0.3 is 9.95 Å². The lowest BCUT2D eigenvalue weighted by Gasteiger charge is -2.24. The Morgan fingerprint density at radius 3 is 2.62 bits per heavy atom. The van der Waals surface area contributed by atoms with E-state index in [2.05, 4.69) is 15.6 Å². The molecule has 5 nitrogen and oxygen atoms in total. The van der Waals surface area contributed by atoms with Gasteiger partial charge in [-0.1, -0.05) is 5.16 Å². The van der Waals surface area contributed by atoms with E-state index in [1.54, 1.807) is 13.1 Å². The van der Waals surface area contributed by atoms with Crippen molar-refractivity contribution in [2.45, 2.75) is 26.6 Å². The molecule has 24 heavy (non-hydrogen) atoms. The van der Waals surface area contributed by atoms with Crippen LogP contribution in [0.5, 0.6) is 0 Å². The highest BCUT2D eigenvalue weighted by Gasteiger charge is 2.33. The molecule has 2 aromatic heterocycles. The van der Waals surface area contributed by atoms with Crippen LogP contribution in [0.3, 0.4) is 0 Å². The number of pyridine rings is 1. The minimum absolute atomic E-state index is 0.302. The van der Waals surface area contributed by atoms with E-state index in [-0.39, 0.29) is 0 Å². The average molecular weight is 336 g/mol. The molecular formula is C16H15F3N4O. The molecular weight excluding hydrogens is 321 g/mol. The predicted molar refractivity (Wildman–Crippen MR) is 81.2 cm³/mol. The summed E-state index contributed by atoms with van der Waals surface area (Å²) in [6, 6.07) is 3.74. The summed E-state index contributed by atoms with van der Waals surface area (Å²) < 4.78 is 43.1. The maximum Gasteiger partial charge on any atom is 0.417 e. The maximum absolute atomic E-state index is 12.6. The Morgan fingerprint density at radius 1 is 1.25 bits per heavy atom. The normalized spacial score (nSPS) is 14.5. The monoisotopic (exact) mass is 336 g/mol. The minimum atomic E-state index is -4.37. The van der Waals surface area contributed by atoms with E-state index in [0.29, 0.717) is 18.0 Å². The second kappa shape index (κ2) is 6.03. The zero-order valence-electron chi connectivity index (χ0n) is 13.1. The van der Waals surface area contributed by atoms with Gasteiger partial charge in [-0.3, -0.25) is 9.99 Å². The van der Waals surface area contributed by atoms with Crippen LogP contribution in [0, 0.1) is 13.8 Å². The van der Waals surface area contributed by atoms with Gasteiger partial charge >= 0.3 is 6.18 Å². The van der Waals surface area contributed by atoms with Crippen molar-refractivity contribution >= 4 is 0 Å². The fourth-order valence-corrected chi connectivity index (χ4v) is 2.27. The van der Waals surface area contributed by atoms with Crippen LogP contribution in [0.2, 0.25) is 0 Å². The standard InChI is InChI=1S/C16H15F3N4O/c1-10-3-4-12(7-20-10)15-14(11(2)24-22-15)9-23-6-5-13(8-21-23)16(17,18)19/h3-8,21H,9H2,1-2H3. The summed E-state index contributed by atoms with van der Waals surface area (Å²) in [6.07, 6.45) is 0.605. The van der Waals surface area contributed by atoms with Gasteiger partial charge in [0.2, 0.25) is 0 Å². The van der Waals surface area contributed by atoms with Crippen molar-refractivity contribution in [1.29, 1.82) is 0 Å². The Bertz CT molecular complexity index is 791. The zero-order chi connectivity index (χ0) is 17.3. The van der Waals surface area contributed by atoms with Crippen molar-refractivity contribution in [3.63, 3.8) is 0 Å². The number of alkyl halides is 3. The Labute approximate surface area is 136 Å². The molecule has 1 N–H and O–H groups in total. The number of aryl methyl sites for hydroxylation is 2. The lowest BCUT2D eigenvalue weighted by molar-refractivity contribution is -0.0894. The third kappa shape index (κ3) is 3.27. The predicted octanol–water partition coefficient (Wildman–Crippen LogP) is 3.63. The lowest BCUT2D eigenvalue weighted by atomic mass is 10.1. The van der Waals surface area contributed by atoms with E-state index in [4.69, 9.17) is 4.52 Å². The largest absolute Gasteiger partial charge is 0.417 e. The van der Waals surface area contributed by atoms with E-state index in [9.17, 15) is 13.2 Å². The lowest BCUT2D eigenvalue weighted by Crippen LogP contribution is -2.33. The number of hydrogen-bond donors (Lipinski definition) is 1. The molecule has 126 valence electrons. The summed E-state index contributed by atoms with van der Waals surface area (Å²) in [5.74, 6) is 0.603. The number of hydrazine groups is 1. The smallest absolute Gasteiger partial charge is 0.361 e. The van der Waals surface area contributed by atoms with Gasteiger partial charge in [0.15, 0.2) is 0 Å². The Morgan fingerprint density at radius 2 is 2.04 bits per heavy atom. The molecule has 1 aliphatic rings. The van der Waals surface area contributed by atoms with Crippen LogP contribution in [-0.4, -0.2) is 21.3 Å². The summed E-state index contributed by atoms with van der Waals surface area (Å²) >= 11 is 0. The van der Waals surface area contributed by atoms with Gasteiger partial charge in [0.05, 0.1) is 12.1 Å². The molecule has 3 rings (SSSR count). The molecule has 1 aliphatic heterocycles. The van der Waals surface area contributed by atoms with Gasteiger partial charge in [0.25, 0.3) is 0 Å². The first kappa shape index (κ1) is 16.1. The van der Waals surface area contributed by atoms with Gasteiger partial charge in [-0.05, 0) is 32.1 Å². The molecule has 2 aromatic rings. The highest BCUT2D eigenvalue weighted by Crippen LogP contribution is 2.29. The van der Waals surface area contributed by atoms with Crippen molar-refractivity contribution in [2.75, 3.05) is 0 Å². The second-order valence-electron chi connectivity index (χ2n) is 5.42. The highest BCUT2D eigenvalue weighted by molar-refractivity contribution is 5.62. The van der Waals surface area contributed by atoms with Gasteiger partial charge in [0, 0.05) is 35.4 Å². The molecule has 0 atom stereocenters. The fourth-order valence-electron chi connectivity index (χ4n) is 2.27. The molecule has 8 heteroatoms. The molecule has 0 spiro atoms. The van der Waals surface area contributed by atoms with Crippen LogP contribution in [-0.2, 0) is 6.54 Å². The molecule has 0 aliphatic carbocycles. The van der Waals surface area contributed by atoms with Crippen molar-refractivity contribution in [1.82, 2.24) is 20.6 Å². The van der Waals surface area contributed by atoms with Crippen LogP contribution in [0.15, 0.2) is 46.9 Å². The van der Waals surface area contributed by atoms with Crippen LogP contribution in [0.25, 0.3) is 11.3 Å². The maximum atomic E-state index is 12.6. The zero-order valence-corrected chi connectivity index (χ0v) is 13.1. The number of hydrogen-bond acceptors (Lipinski definition) is 5. The number of aromatic nitrogens is 2. The number of nitrogens with one attached hydrogen (secondary N) is 1. The number of nitrogens with zero attached hydrogens (tertiary/aromatic N) is 3. The van der Waals surface area contributed by atoms with Crippen molar-refractivity contribution in [3.8, 4) is 11.3 Å². The summed E-state index contributed by atoms with van der Waals surface area (Å²) in [5.41, 5.74) is 4.95. The molecule has 0 unspecified atom stereocenters. The van der Waals surface area contributed by atoms with Crippen LogP contribution in [0.4, 0.5) is 13.2 Å². The van der Waals surface area contributed by atoms with Crippen molar-refractivity contribution < 1.29 is 17.7 Å². The van der Waals surface area contributed by atoms with Crippen molar-refractivity contribution in [3.05, 3.63) is 59.4 Å². The SMILES string of the molecule is Cc1ccc(-c2noc(C)c2CN2C=CC(C(F)(F)F)=CN2)cn1. The van der Waals surface area contributed by atoms with E-state index in [1.165, 1.54) is 11.2 Å². The van der Waals surface area contributed by atoms with E-state index in [0.717, 1.165) is 29.1 Å². The third-order valence-corrected chi connectivity index (χ3v) is 3.65. The van der Waals surface area contributed by atoms with Crippen LogP contribution < -0.4 is 5.43 Å². The number of halogens is 3. The fraction of sp³-hybridized carbons (Fsp3) is 0.250. The Hall–Kier alpha value is -2.77. The summed E-state index contributed by atoms with van der Waals surface area (Å²) in [5, 5.41) is 5.57. The first-order valence-corrected chi connectivity index (χ1v) is 7.21. The molecule has 0 amide bonds. The summed E-state index contributed by atoms with van der Waals surface area (Å²) in [6.45, 7) is 3.94. The summed E-state index contributed by atoms with van der Waals surface area (Å²) in [4.78, 5) is 4.23. The second-order valence-corrected chi connectivity index (χ2v) is 5.42. The number of rotatable bonds is 3. The van der Waals surface area contributed by atoms with Crippen LogP contribution in [0.1, 0.15) is 17.0 Å². The first-order chi connectivity index (χ1) is 11.3. The number of allylic oxidation sites excluding steroid dienone is 2. The average Bonchev–Trinajstić information content (AvgIpc) is 2.89. The summed E-state index contributed by atoms with van der Waals surface area (Å²) in [7, 11) is 0. The van der Waals surface area contributed by atoms with Crippen LogP contribution >= 0.6 is 0 Å².